The predicted octanol–water partition coefficient (Wildman–Crippen LogP) is 3.35. The molecule has 0 aliphatic carbocycles. The molecule has 2 aromatic carbocycles. The molecular weight excluding hydrogens is 400 g/mol. The van der Waals surface area contributed by atoms with Crippen molar-refractivity contribution >= 4 is 39.7 Å². The van der Waals surface area contributed by atoms with Crippen molar-refractivity contribution in [3.63, 3.8) is 0 Å². The lowest BCUT2D eigenvalue weighted by molar-refractivity contribution is -0.123. The zero-order valence-electron chi connectivity index (χ0n) is 12.6. The second kappa shape index (κ2) is 8.56. The molecule has 0 unspecified atom stereocenters. The van der Waals surface area contributed by atoms with Gasteiger partial charge in [0.2, 0.25) is 0 Å². The number of carbonyl (C=O) groups is 1. The topological polar surface area (TPSA) is 80.2 Å². The first-order valence-corrected chi connectivity index (χ1v) is 7.93. The number of hydrazone groups is 1. The number of benzene rings is 2. The van der Waals surface area contributed by atoms with Crippen molar-refractivity contribution in [2.75, 3.05) is 13.7 Å². The van der Waals surface area contributed by atoms with Crippen LogP contribution in [0.1, 0.15) is 5.56 Å². The SMILES string of the molecule is COc1cc(Br)c(O)c(/C=N/NC(=O)COc2ccc(Cl)cc2)c1. The smallest absolute Gasteiger partial charge is 0.277 e. The van der Waals surface area contributed by atoms with E-state index in [2.05, 4.69) is 26.5 Å². The minimum Gasteiger partial charge on any atom is -0.506 e. The Balaban J connectivity index is 1.90. The number of amides is 1. The second-order valence-electron chi connectivity index (χ2n) is 4.58. The van der Waals surface area contributed by atoms with E-state index in [1.807, 2.05) is 0 Å². The summed E-state index contributed by atoms with van der Waals surface area (Å²) in [6, 6.07) is 9.84. The second-order valence-corrected chi connectivity index (χ2v) is 5.87. The summed E-state index contributed by atoms with van der Waals surface area (Å²) < 4.78 is 10.8. The largest absolute Gasteiger partial charge is 0.506 e. The molecule has 0 bridgehead atoms. The molecule has 6 nitrogen and oxygen atoms in total. The van der Waals surface area contributed by atoms with E-state index in [9.17, 15) is 9.90 Å². The summed E-state index contributed by atoms with van der Waals surface area (Å²) in [5.41, 5.74) is 2.70. The van der Waals surface area contributed by atoms with Gasteiger partial charge in [0.25, 0.3) is 5.91 Å². The van der Waals surface area contributed by atoms with Gasteiger partial charge in [-0.3, -0.25) is 4.79 Å². The molecule has 2 aromatic rings. The summed E-state index contributed by atoms with van der Waals surface area (Å²) in [6.45, 7) is -0.202. The number of nitrogens with zero attached hydrogens (tertiary/aromatic N) is 1. The summed E-state index contributed by atoms with van der Waals surface area (Å²) in [5, 5.41) is 14.3. The van der Waals surface area contributed by atoms with Gasteiger partial charge in [0.1, 0.15) is 17.2 Å². The highest BCUT2D eigenvalue weighted by Crippen LogP contribution is 2.31. The maximum absolute atomic E-state index is 11.7. The molecule has 0 aliphatic rings. The Morgan fingerprint density at radius 2 is 2.04 bits per heavy atom. The highest BCUT2D eigenvalue weighted by atomic mass is 79.9. The van der Waals surface area contributed by atoms with Crippen LogP contribution in [-0.2, 0) is 4.79 Å². The highest BCUT2D eigenvalue weighted by molar-refractivity contribution is 9.10. The van der Waals surface area contributed by atoms with Gasteiger partial charge in [-0.2, -0.15) is 5.10 Å². The predicted molar refractivity (Wildman–Crippen MR) is 95.0 cm³/mol. The van der Waals surface area contributed by atoms with E-state index < -0.39 is 5.91 Å². The Labute approximate surface area is 152 Å². The molecule has 0 radical (unpaired) electrons. The molecular formula is C16H14BrClN2O4. The molecule has 0 saturated heterocycles. The number of ether oxygens (including phenoxy) is 2. The van der Waals surface area contributed by atoms with E-state index in [0.717, 1.165) is 0 Å². The standard InChI is InChI=1S/C16H14BrClN2O4/c1-23-13-6-10(16(22)14(17)7-13)8-19-20-15(21)9-24-12-4-2-11(18)3-5-12/h2-8,22H,9H2,1H3,(H,20,21)/b19-8+. The van der Waals surface area contributed by atoms with E-state index in [-0.39, 0.29) is 12.4 Å². The zero-order chi connectivity index (χ0) is 17.5. The van der Waals surface area contributed by atoms with Crippen molar-refractivity contribution in [2.24, 2.45) is 5.10 Å². The number of rotatable bonds is 6. The highest BCUT2D eigenvalue weighted by Gasteiger charge is 2.07. The number of hydrogen-bond donors (Lipinski definition) is 2. The third kappa shape index (κ3) is 5.14. The van der Waals surface area contributed by atoms with E-state index in [4.69, 9.17) is 21.1 Å². The van der Waals surface area contributed by atoms with E-state index in [1.165, 1.54) is 13.3 Å². The van der Waals surface area contributed by atoms with Gasteiger partial charge in [0.05, 0.1) is 17.8 Å². The third-order valence-corrected chi connectivity index (χ3v) is 3.74. The molecule has 2 N–H and O–H groups in total. The van der Waals surface area contributed by atoms with Crippen LogP contribution >= 0.6 is 27.5 Å². The van der Waals surface area contributed by atoms with Crippen molar-refractivity contribution in [1.29, 1.82) is 0 Å². The van der Waals surface area contributed by atoms with Crippen LogP contribution in [0, 0.1) is 0 Å². The molecule has 8 heteroatoms. The Morgan fingerprint density at radius 1 is 1.33 bits per heavy atom. The molecule has 0 fully saturated rings. The van der Waals surface area contributed by atoms with Gasteiger partial charge < -0.3 is 14.6 Å². The first-order chi connectivity index (χ1) is 11.5. The van der Waals surface area contributed by atoms with Crippen LogP contribution in [0.2, 0.25) is 5.02 Å². The van der Waals surface area contributed by atoms with Crippen LogP contribution in [-0.4, -0.2) is 30.9 Å². The number of hydrogen-bond acceptors (Lipinski definition) is 5. The van der Waals surface area contributed by atoms with Gasteiger partial charge in [0, 0.05) is 10.6 Å². The molecule has 2 rings (SSSR count). The van der Waals surface area contributed by atoms with E-state index in [0.29, 0.717) is 26.6 Å². The molecule has 0 spiro atoms. The summed E-state index contributed by atoms with van der Waals surface area (Å²) in [5.74, 6) is 0.611. The van der Waals surface area contributed by atoms with Crippen molar-refractivity contribution < 1.29 is 19.4 Å². The Bertz CT molecular complexity index is 750. The van der Waals surface area contributed by atoms with Crippen molar-refractivity contribution in [3.05, 3.63) is 51.5 Å². The number of nitrogens with one attached hydrogen (secondary N) is 1. The fraction of sp³-hybridized carbons (Fsp3) is 0.125. The fourth-order valence-electron chi connectivity index (χ4n) is 1.70. The number of carbonyl (C=O) groups excluding carboxylic acids is 1. The number of methoxy groups -OCH3 is 1. The maximum atomic E-state index is 11.7. The number of aromatic hydroxyl groups is 1. The van der Waals surface area contributed by atoms with E-state index in [1.54, 1.807) is 36.4 Å². The minimum atomic E-state index is -0.442. The van der Waals surface area contributed by atoms with Gasteiger partial charge in [-0.15, -0.1) is 0 Å². The summed E-state index contributed by atoms with van der Waals surface area (Å²) >= 11 is 8.97. The zero-order valence-corrected chi connectivity index (χ0v) is 15.0. The van der Waals surface area contributed by atoms with Gasteiger partial charge in [0.15, 0.2) is 6.61 Å². The van der Waals surface area contributed by atoms with Gasteiger partial charge in [-0.05, 0) is 52.3 Å². The monoisotopic (exact) mass is 412 g/mol. The molecule has 126 valence electrons. The average molecular weight is 414 g/mol. The van der Waals surface area contributed by atoms with Crippen LogP contribution in [0.25, 0.3) is 0 Å². The molecule has 0 aromatic heterocycles. The Kier molecular flexibility index (Phi) is 6.45. The lowest BCUT2D eigenvalue weighted by Gasteiger charge is -2.06. The van der Waals surface area contributed by atoms with Crippen molar-refractivity contribution in [3.8, 4) is 17.2 Å². The molecule has 0 heterocycles. The number of phenolic OH excluding ortho intramolecular Hbond substituents is 1. The van der Waals surface area contributed by atoms with Gasteiger partial charge >= 0.3 is 0 Å². The van der Waals surface area contributed by atoms with Crippen LogP contribution in [0.15, 0.2) is 46.0 Å². The summed E-state index contributed by atoms with van der Waals surface area (Å²) in [4.78, 5) is 11.7. The van der Waals surface area contributed by atoms with Crippen LogP contribution in [0.4, 0.5) is 0 Å². The van der Waals surface area contributed by atoms with Gasteiger partial charge in [-0.1, -0.05) is 11.6 Å². The van der Waals surface area contributed by atoms with Gasteiger partial charge in [-0.25, -0.2) is 5.43 Å². The first-order valence-electron chi connectivity index (χ1n) is 6.76. The van der Waals surface area contributed by atoms with E-state index >= 15 is 0 Å². The quantitative estimate of drug-likeness (QED) is 0.562. The summed E-state index contributed by atoms with van der Waals surface area (Å²) in [7, 11) is 1.51. The lowest BCUT2D eigenvalue weighted by Crippen LogP contribution is -2.24. The first kappa shape index (κ1) is 18.1. The molecule has 0 atom stereocenters. The Morgan fingerprint density at radius 3 is 2.71 bits per heavy atom. The van der Waals surface area contributed by atoms with Crippen LogP contribution in [0.5, 0.6) is 17.2 Å². The molecule has 0 aliphatic heterocycles. The third-order valence-electron chi connectivity index (χ3n) is 2.88. The fourth-order valence-corrected chi connectivity index (χ4v) is 2.28. The normalized spacial score (nSPS) is 10.6. The summed E-state index contributed by atoms with van der Waals surface area (Å²) in [6.07, 6.45) is 1.31. The van der Waals surface area contributed by atoms with Crippen LogP contribution < -0.4 is 14.9 Å². The number of halogens is 2. The molecule has 0 saturated carbocycles. The maximum Gasteiger partial charge on any atom is 0.277 e. The average Bonchev–Trinajstić information content (AvgIpc) is 2.58. The minimum absolute atomic E-state index is 0.00814. The lowest BCUT2D eigenvalue weighted by atomic mass is 10.2. The molecule has 1 amide bonds. The number of phenols is 1. The Hall–Kier alpha value is -2.25. The van der Waals surface area contributed by atoms with Crippen molar-refractivity contribution in [1.82, 2.24) is 5.43 Å². The van der Waals surface area contributed by atoms with Crippen LogP contribution in [0.3, 0.4) is 0 Å². The molecule has 24 heavy (non-hydrogen) atoms. The van der Waals surface area contributed by atoms with Crippen molar-refractivity contribution in [2.45, 2.75) is 0 Å².